The lowest BCUT2D eigenvalue weighted by atomic mass is 10.1. The number of phenolic OH excluding ortho intramolecular Hbond substituents is 1. The fraction of sp³-hybridized carbons (Fsp3) is 0.429. The molecule has 1 aliphatic rings. The van der Waals surface area contributed by atoms with Crippen molar-refractivity contribution in [3.05, 3.63) is 23.8 Å². The number of carbonyl (C=O) groups excluding carboxylic acids is 2. The molecular weight excluding hydrogens is 244 g/mol. The summed E-state index contributed by atoms with van der Waals surface area (Å²) < 4.78 is 0. The van der Waals surface area contributed by atoms with Gasteiger partial charge in [0.15, 0.2) is 0 Å². The van der Waals surface area contributed by atoms with Crippen molar-refractivity contribution in [1.29, 1.82) is 0 Å². The van der Waals surface area contributed by atoms with Crippen molar-refractivity contribution in [2.24, 2.45) is 5.92 Å². The highest BCUT2D eigenvalue weighted by Crippen LogP contribution is 2.27. The molecule has 1 saturated heterocycles. The number of amides is 2. The lowest BCUT2D eigenvalue weighted by Crippen LogP contribution is -2.37. The highest BCUT2D eigenvalue weighted by Gasteiger charge is 2.31. The molecular formula is C14H18N2O3. The van der Waals surface area contributed by atoms with Crippen LogP contribution in [0, 0.1) is 12.8 Å². The minimum atomic E-state index is -0.311. The highest BCUT2D eigenvalue weighted by molar-refractivity contribution is 5.99. The lowest BCUT2D eigenvalue weighted by molar-refractivity contribution is -0.124. The maximum Gasteiger partial charge on any atom is 0.232 e. The van der Waals surface area contributed by atoms with Gasteiger partial charge in [0.2, 0.25) is 11.8 Å². The van der Waals surface area contributed by atoms with Crippen LogP contribution in [0.15, 0.2) is 18.2 Å². The van der Waals surface area contributed by atoms with E-state index in [1.807, 2.05) is 13.8 Å². The van der Waals surface area contributed by atoms with Crippen LogP contribution in [-0.4, -0.2) is 30.0 Å². The fourth-order valence-corrected chi connectivity index (χ4v) is 2.33. The summed E-state index contributed by atoms with van der Waals surface area (Å²) in [6, 6.07) is 4.96. The zero-order valence-corrected chi connectivity index (χ0v) is 11.1. The maximum absolute atomic E-state index is 12.4. The van der Waals surface area contributed by atoms with E-state index in [1.165, 1.54) is 0 Å². The number of phenols is 1. The van der Waals surface area contributed by atoms with E-state index in [2.05, 4.69) is 5.32 Å². The highest BCUT2D eigenvalue weighted by atomic mass is 16.3. The average molecular weight is 262 g/mol. The summed E-state index contributed by atoms with van der Waals surface area (Å²) in [6.07, 6.45) is 0.243. The van der Waals surface area contributed by atoms with Crippen molar-refractivity contribution in [1.82, 2.24) is 5.32 Å². The molecule has 102 valence electrons. The molecule has 0 aliphatic carbocycles. The van der Waals surface area contributed by atoms with E-state index in [0.717, 1.165) is 5.56 Å². The van der Waals surface area contributed by atoms with E-state index in [1.54, 1.807) is 23.1 Å². The van der Waals surface area contributed by atoms with Crippen molar-refractivity contribution in [2.75, 3.05) is 18.0 Å². The van der Waals surface area contributed by atoms with Gasteiger partial charge in [-0.3, -0.25) is 9.59 Å². The maximum atomic E-state index is 12.4. The predicted molar refractivity (Wildman–Crippen MR) is 72.0 cm³/mol. The van der Waals surface area contributed by atoms with Gasteiger partial charge in [0, 0.05) is 25.6 Å². The van der Waals surface area contributed by atoms with E-state index in [9.17, 15) is 14.7 Å². The number of nitrogens with one attached hydrogen (secondary N) is 1. The van der Waals surface area contributed by atoms with Gasteiger partial charge in [-0.05, 0) is 25.5 Å². The normalized spacial score (nSPS) is 18.2. The van der Waals surface area contributed by atoms with Crippen molar-refractivity contribution in [3.63, 3.8) is 0 Å². The zero-order chi connectivity index (χ0) is 14.0. The Balaban J connectivity index is 2.26. The van der Waals surface area contributed by atoms with Crippen LogP contribution in [0.5, 0.6) is 5.75 Å². The number of carbonyl (C=O) groups is 2. The van der Waals surface area contributed by atoms with Crippen molar-refractivity contribution in [2.45, 2.75) is 20.3 Å². The van der Waals surface area contributed by atoms with Crippen LogP contribution in [0.25, 0.3) is 0 Å². The Labute approximate surface area is 112 Å². The van der Waals surface area contributed by atoms with Crippen LogP contribution in [0.4, 0.5) is 5.69 Å². The van der Waals surface area contributed by atoms with Gasteiger partial charge in [0.1, 0.15) is 5.75 Å². The van der Waals surface area contributed by atoms with Gasteiger partial charge >= 0.3 is 0 Å². The van der Waals surface area contributed by atoms with Crippen LogP contribution < -0.4 is 10.2 Å². The van der Waals surface area contributed by atoms with Crippen molar-refractivity contribution in [3.8, 4) is 5.75 Å². The first-order chi connectivity index (χ1) is 9.02. The predicted octanol–water partition coefficient (Wildman–Crippen LogP) is 1.19. The second-order valence-electron chi connectivity index (χ2n) is 4.76. The molecule has 1 atom stereocenters. The largest absolute Gasteiger partial charge is 0.508 e. The quantitative estimate of drug-likeness (QED) is 0.859. The molecule has 2 N–H and O–H groups in total. The number of aryl methyl sites for hydroxylation is 1. The van der Waals surface area contributed by atoms with E-state index < -0.39 is 0 Å². The molecule has 5 heteroatoms. The summed E-state index contributed by atoms with van der Waals surface area (Å²) in [6.45, 7) is 4.67. The molecule has 0 aromatic heterocycles. The molecule has 19 heavy (non-hydrogen) atoms. The molecule has 2 rings (SSSR count). The lowest BCUT2D eigenvalue weighted by Gasteiger charge is -2.25. The summed E-state index contributed by atoms with van der Waals surface area (Å²) >= 11 is 0. The summed E-state index contributed by atoms with van der Waals surface area (Å²) in [4.78, 5) is 25.3. The average Bonchev–Trinajstić information content (AvgIpc) is 2.81. The van der Waals surface area contributed by atoms with Crippen LogP contribution >= 0.6 is 0 Å². The summed E-state index contributed by atoms with van der Waals surface area (Å²) in [5.41, 5.74) is 1.62. The number of hydrogen-bond donors (Lipinski definition) is 2. The molecule has 0 radical (unpaired) electrons. The van der Waals surface area contributed by atoms with Crippen molar-refractivity contribution < 1.29 is 14.7 Å². The van der Waals surface area contributed by atoms with Gasteiger partial charge in [-0.15, -0.1) is 0 Å². The molecule has 1 aromatic carbocycles. The minimum absolute atomic E-state index is 0.0745. The first-order valence-corrected chi connectivity index (χ1v) is 6.40. The monoisotopic (exact) mass is 262 g/mol. The number of rotatable bonds is 3. The molecule has 1 aromatic rings. The fourth-order valence-electron chi connectivity index (χ4n) is 2.33. The van der Waals surface area contributed by atoms with Crippen LogP contribution in [0.2, 0.25) is 0 Å². The molecule has 0 spiro atoms. The number of benzene rings is 1. The minimum Gasteiger partial charge on any atom is -0.508 e. The third-order valence-electron chi connectivity index (χ3n) is 3.39. The number of hydrogen-bond acceptors (Lipinski definition) is 3. The van der Waals surface area contributed by atoms with Crippen LogP contribution in [0.1, 0.15) is 18.9 Å². The Bertz CT molecular complexity index is 513. The Morgan fingerprint density at radius 3 is 2.84 bits per heavy atom. The first kappa shape index (κ1) is 13.4. The molecule has 2 amide bonds. The second kappa shape index (κ2) is 5.30. The topological polar surface area (TPSA) is 69.6 Å². The number of anilines is 1. The van der Waals surface area contributed by atoms with Crippen molar-refractivity contribution >= 4 is 17.5 Å². The first-order valence-electron chi connectivity index (χ1n) is 6.40. The van der Waals surface area contributed by atoms with E-state index >= 15 is 0 Å². The SMILES string of the molecule is CCN(C(=O)C1CNC(=O)C1)c1cc(O)ccc1C. The summed E-state index contributed by atoms with van der Waals surface area (Å²) in [7, 11) is 0. The van der Waals surface area contributed by atoms with Gasteiger partial charge in [-0.2, -0.15) is 0 Å². The zero-order valence-electron chi connectivity index (χ0n) is 11.1. The number of nitrogens with zero attached hydrogens (tertiary/aromatic N) is 1. The molecule has 1 heterocycles. The standard InChI is InChI=1S/C14H18N2O3/c1-3-16(12-7-11(17)5-4-9(12)2)14(19)10-6-13(18)15-8-10/h4-5,7,10,17H,3,6,8H2,1-2H3,(H,15,18). The Morgan fingerprint density at radius 2 is 2.26 bits per heavy atom. The summed E-state index contributed by atoms with van der Waals surface area (Å²) in [5, 5.41) is 12.2. The summed E-state index contributed by atoms with van der Waals surface area (Å²) in [5.74, 6) is -0.335. The van der Waals surface area contributed by atoms with Crippen LogP contribution in [-0.2, 0) is 9.59 Å². The van der Waals surface area contributed by atoms with Gasteiger partial charge in [-0.1, -0.05) is 6.07 Å². The van der Waals surface area contributed by atoms with Gasteiger partial charge < -0.3 is 15.3 Å². The smallest absolute Gasteiger partial charge is 0.232 e. The third-order valence-corrected chi connectivity index (χ3v) is 3.39. The Morgan fingerprint density at radius 1 is 1.53 bits per heavy atom. The van der Waals surface area contributed by atoms with Crippen LogP contribution in [0.3, 0.4) is 0 Å². The Hall–Kier alpha value is -2.04. The third kappa shape index (κ3) is 2.70. The van der Waals surface area contributed by atoms with Gasteiger partial charge in [0.05, 0.1) is 11.6 Å². The van der Waals surface area contributed by atoms with E-state index in [0.29, 0.717) is 18.8 Å². The van der Waals surface area contributed by atoms with Gasteiger partial charge in [0.25, 0.3) is 0 Å². The van der Waals surface area contributed by atoms with Gasteiger partial charge in [-0.25, -0.2) is 0 Å². The molecule has 1 aliphatic heterocycles. The number of aromatic hydroxyl groups is 1. The Kier molecular flexibility index (Phi) is 3.74. The van der Waals surface area contributed by atoms with E-state index in [-0.39, 0.29) is 29.9 Å². The molecule has 0 bridgehead atoms. The molecule has 1 fully saturated rings. The molecule has 0 saturated carbocycles. The molecule has 1 unspecified atom stereocenters. The van der Waals surface area contributed by atoms with E-state index in [4.69, 9.17) is 0 Å². The molecule has 5 nitrogen and oxygen atoms in total. The second-order valence-corrected chi connectivity index (χ2v) is 4.76.